The zero-order valence-electron chi connectivity index (χ0n) is 40.1. The molecule has 5 atom stereocenters. The molecule has 2 aliphatic heterocycles. The van der Waals surface area contributed by atoms with Crippen LogP contribution in [0.15, 0.2) is 83.3 Å². The average molecular weight is 972 g/mol. The van der Waals surface area contributed by atoms with Crippen molar-refractivity contribution in [3.63, 3.8) is 0 Å². The highest BCUT2D eigenvalue weighted by atomic mass is 32.1. The number of thiazole rings is 1. The molecule has 0 bridgehead atoms. The summed E-state index contributed by atoms with van der Waals surface area (Å²) in [6.45, 7) is 15.2. The lowest BCUT2D eigenvalue weighted by atomic mass is 9.85. The summed E-state index contributed by atoms with van der Waals surface area (Å²) in [5.74, 6) is 0.472. The van der Waals surface area contributed by atoms with Crippen LogP contribution < -0.4 is 20.7 Å². The molecule has 18 heteroatoms. The number of ether oxygens (including phenoxy) is 2. The highest BCUT2D eigenvalue weighted by Crippen LogP contribution is 2.39. The summed E-state index contributed by atoms with van der Waals surface area (Å²) in [5.41, 5.74) is 9.62. The molecule has 3 aromatic heterocycles. The number of benzene rings is 3. The first kappa shape index (κ1) is 48.7. The number of hydrogen-bond acceptors (Lipinski definition) is 13. The van der Waals surface area contributed by atoms with Crippen molar-refractivity contribution in [3.8, 4) is 32.3 Å². The van der Waals surface area contributed by atoms with Gasteiger partial charge in [-0.1, -0.05) is 81.4 Å². The average Bonchev–Trinajstić information content (AvgIpc) is 4.10. The first-order valence-electron chi connectivity index (χ1n) is 22.8. The van der Waals surface area contributed by atoms with Crippen molar-refractivity contribution in [3.05, 3.63) is 123 Å². The second-order valence-electron chi connectivity index (χ2n) is 18.5. The van der Waals surface area contributed by atoms with Crippen LogP contribution in [0.25, 0.3) is 26.6 Å². The number of nitrogens with zero attached hydrogens (tertiary/aromatic N) is 6. The van der Waals surface area contributed by atoms with Gasteiger partial charge in [0.15, 0.2) is 12.4 Å². The van der Waals surface area contributed by atoms with Crippen molar-refractivity contribution in [2.45, 2.75) is 92.1 Å². The van der Waals surface area contributed by atoms with Gasteiger partial charge >= 0.3 is 6.09 Å². The summed E-state index contributed by atoms with van der Waals surface area (Å²) in [6.07, 6.45) is -1.38. The molecule has 1 fully saturated rings. The number of carbonyl (C=O) groups excluding carboxylic acids is 4. The van der Waals surface area contributed by atoms with Crippen LogP contribution in [-0.4, -0.2) is 104 Å². The van der Waals surface area contributed by atoms with E-state index in [1.165, 1.54) is 12.0 Å². The Morgan fingerprint density at radius 3 is 2.17 bits per heavy atom. The van der Waals surface area contributed by atoms with E-state index in [1.807, 2.05) is 112 Å². The summed E-state index contributed by atoms with van der Waals surface area (Å²) in [5, 5.41) is 29.2. The molecule has 4 amide bonds. The van der Waals surface area contributed by atoms with Gasteiger partial charge in [0.2, 0.25) is 11.8 Å². The molecule has 0 radical (unpaired) electrons. The molecule has 16 nitrogen and oxygen atoms in total. The maximum absolute atomic E-state index is 14.2. The van der Waals surface area contributed by atoms with E-state index in [0.717, 1.165) is 70.9 Å². The van der Waals surface area contributed by atoms with Gasteiger partial charge in [-0.05, 0) is 80.0 Å². The van der Waals surface area contributed by atoms with Crippen molar-refractivity contribution < 1.29 is 33.8 Å². The zero-order chi connectivity index (χ0) is 49.3. The third-order valence-corrected chi connectivity index (χ3v) is 14.8. The van der Waals surface area contributed by atoms with Crippen LogP contribution in [-0.2, 0) is 19.1 Å². The van der Waals surface area contributed by atoms with Crippen molar-refractivity contribution in [2.24, 2.45) is 10.4 Å². The van der Waals surface area contributed by atoms with Gasteiger partial charge in [-0.3, -0.25) is 23.9 Å². The Morgan fingerprint density at radius 1 is 0.884 bits per heavy atom. The highest BCUT2D eigenvalue weighted by molar-refractivity contribution is 7.15. The van der Waals surface area contributed by atoms with Gasteiger partial charge in [0.05, 0.1) is 47.6 Å². The predicted octanol–water partition coefficient (Wildman–Crippen LogP) is 7.35. The number of methoxy groups -OCH3 is 1. The lowest BCUT2D eigenvalue weighted by molar-refractivity contribution is -0.144. The number of amides is 4. The number of aryl methyl sites for hydroxylation is 3. The molecule has 0 aliphatic carbocycles. The van der Waals surface area contributed by atoms with E-state index < -0.39 is 47.6 Å². The normalized spacial score (nSPS) is 17.4. The summed E-state index contributed by atoms with van der Waals surface area (Å²) in [4.78, 5) is 66.7. The number of likely N-dealkylation sites (tertiary alicyclic amines) is 1. The van der Waals surface area contributed by atoms with E-state index in [1.54, 1.807) is 34.8 Å². The predicted molar refractivity (Wildman–Crippen MR) is 266 cm³/mol. The van der Waals surface area contributed by atoms with Crippen LogP contribution in [0, 0.1) is 33.1 Å². The first-order chi connectivity index (χ1) is 32.9. The van der Waals surface area contributed by atoms with Crippen LogP contribution in [0.3, 0.4) is 0 Å². The Labute approximate surface area is 409 Å². The molecule has 0 spiro atoms. The number of aliphatic imine (C=N–C) groups is 1. The summed E-state index contributed by atoms with van der Waals surface area (Å²) in [6, 6.07) is 20.6. The fourth-order valence-electron chi connectivity index (χ4n) is 8.71. The first-order valence-corrected chi connectivity index (χ1v) is 24.5. The Bertz CT molecular complexity index is 2900. The lowest BCUT2D eigenvalue weighted by Gasteiger charge is -2.35. The molecule has 0 saturated carbocycles. The number of alkyl carbamates (subject to hydrolysis) is 1. The number of rotatable bonds is 13. The molecular weight excluding hydrogens is 915 g/mol. The van der Waals surface area contributed by atoms with E-state index >= 15 is 0 Å². The van der Waals surface area contributed by atoms with Gasteiger partial charge in [0.1, 0.15) is 34.7 Å². The van der Waals surface area contributed by atoms with Crippen LogP contribution in [0.5, 0.6) is 5.75 Å². The van der Waals surface area contributed by atoms with Gasteiger partial charge in [-0.15, -0.1) is 32.9 Å². The van der Waals surface area contributed by atoms with Crippen LogP contribution in [0.4, 0.5) is 4.79 Å². The van der Waals surface area contributed by atoms with E-state index in [4.69, 9.17) is 14.5 Å². The monoisotopic (exact) mass is 971 g/mol. The maximum Gasteiger partial charge on any atom is 0.406 e. The maximum atomic E-state index is 14.2. The number of aliphatic hydroxyl groups is 1. The van der Waals surface area contributed by atoms with E-state index in [-0.39, 0.29) is 38.1 Å². The number of aromatic nitrogens is 4. The standard InChI is InChI=1S/C51H57N9O7S2/c1-27-30(4)69-49-42(27)43(55-39(23-52-50(65)66-9)46-58-57-31(5)60(46)49)35-14-12-33(13-15-35)34-18-20-38(21-19-34)67-25-41(62)56-45(51(6,7)8)48(64)59-24-37(61)22-40(59)47(63)54-28(2)32-10-16-36(17-11-32)44-29(3)53-26-68-44/h10-21,26,28,37,39-40,45,61H,22-25H2,1-9H3,(H,52,65)(H,54,63)(H,56,62)/t28-,37+,39?,40-,45+/m0/s1. The molecule has 5 heterocycles. The summed E-state index contributed by atoms with van der Waals surface area (Å²) in [7, 11) is 1.32. The minimum Gasteiger partial charge on any atom is -0.484 e. The molecule has 3 aromatic carbocycles. The number of aliphatic hydroxyl groups excluding tert-OH is 1. The molecule has 69 heavy (non-hydrogen) atoms. The van der Waals surface area contributed by atoms with E-state index in [2.05, 4.69) is 45.0 Å². The molecule has 1 unspecified atom stereocenters. The van der Waals surface area contributed by atoms with Gasteiger partial charge < -0.3 is 35.4 Å². The third kappa shape index (κ3) is 10.3. The Balaban J connectivity index is 0.904. The number of carbonyl (C=O) groups is 4. The number of thiophene rings is 1. The molecule has 8 rings (SSSR count). The number of hydrogen-bond donors (Lipinski definition) is 4. The number of fused-ring (bicyclic) bond motifs is 3. The van der Waals surface area contributed by atoms with Gasteiger partial charge in [0, 0.05) is 29.0 Å². The van der Waals surface area contributed by atoms with E-state index in [9.17, 15) is 24.3 Å². The van der Waals surface area contributed by atoms with Crippen molar-refractivity contribution >= 4 is 52.2 Å². The second kappa shape index (κ2) is 20.1. The molecular formula is C51H57N9O7S2. The smallest absolute Gasteiger partial charge is 0.406 e. The zero-order valence-corrected chi connectivity index (χ0v) is 41.8. The molecule has 2 aliphatic rings. The Hall–Kier alpha value is -6.76. The minimum absolute atomic E-state index is 0.0348. The lowest BCUT2D eigenvalue weighted by Crippen LogP contribution is -2.58. The third-order valence-electron chi connectivity index (χ3n) is 12.6. The van der Waals surface area contributed by atoms with Crippen molar-refractivity contribution in [2.75, 3.05) is 26.8 Å². The molecule has 6 aromatic rings. The fraction of sp³-hybridized carbons (Fsp3) is 0.373. The topological polar surface area (TPSA) is 202 Å². The van der Waals surface area contributed by atoms with Gasteiger partial charge in [0.25, 0.3) is 5.91 Å². The van der Waals surface area contributed by atoms with Gasteiger partial charge in [-0.2, -0.15) is 0 Å². The largest absolute Gasteiger partial charge is 0.484 e. The number of nitrogens with one attached hydrogen (secondary N) is 3. The second-order valence-corrected chi connectivity index (χ2v) is 20.6. The fourth-order valence-corrected chi connectivity index (χ4v) is 10.7. The van der Waals surface area contributed by atoms with Crippen molar-refractivity contribution in [1.29, 1.82) is 0 Å². The number of β-amino-alcohol motifs (C(OH)–C–C–N with tert-alkyl or cyclic N) is 1. The Kier molecular flexibility index (Phi) is 14.2. The van der Waals surface area contributed by atoms with Crippen LogP contribution in [0.2, 0.25) is 0 Å². The molecule has 360 valence electrons. The van der Waals surface area contributed by atoms with Crippen LogP contribution in [0.1, 0.15) is 90.7 Å². The summed E-state index contributed by atoms with van der Waals surface area (Å²) >= 11 is 3.23. The van der Waals surface area contributed by atoms with Crippen molar-refractivity contribution in [1.82, 2.24) is 40.6 Å². The Morgan fingerprint density at radius 2 is 1.54 bits per heavy atom. The SMILES string of the molecule is COC(=O)NCC1N=C(c2ccc(-c3ccc(OCC(=O)N[C@H](C(=O)N4C[C@H](O)C[C@H]4C(=O)N[C@@H](C)c4ccc(-c5scnc5C)cc4)C(C)(C)C)cc3)cc2)c2c(sc(C)c2C)-n2c(C)nnc21. The minimum atomic E-state index is -1.01. The van der Waals surface area contributed by atoms with E-state index in [0.29, 0.717) is 11.6 Å². The highest BCUT2D eigenvalue weighted by Gasteiger charge is 2.45. The molecule has 1 saturated heterocycles. The quantitative estimate of drug-likeness (QED) is 0.0907. The van der Waals surface area contributed by atoms with Gasteiger partial charge in [-0.25, -0.2) is 9.78 Å². The van der Waals surface area contributed by atoms with Crippen LogP contribution >= 0.6 is 22.7 Å². The summed E-state index contributed by atoms with van der Waals surface area (Å²) < 4.78 is 12.8. The molecule has 4 N–H and O–H groups in total.